The molecule has 0 radical (unpaired) electrons. The highest BCUT2D eigenvalue weighted by Crippen LogP contribution is 2.36. The highest BCUT2D eigenvalue weighted by atomic mass is 19.1. The molecule has 2 nitrogen and oxygen atoms in total. The molecule has 1 aliphatic rings. The van der Waals surface area contributed by atoms with Gasteiger partial charge in [-0.3, -0.25) is 4.79 Å². The van der Waals surface area contributed by atoms with E-state index >= 15 is 0 Å². The normalized spacial score (nSPS) is 26.3. The quantitative estimate of drug-likeness (QED) is 0.641. The van der Waals surface area contributed by atoms with Crippen LogP contribution in [0.15, 0.2) is 24.3 Å². The van der Waals surface area contributed by atoms with Gasteiger partial charge in [-0.15, -0.1) is 0 Å². The fourth-order valence-electron chi connectivity index (χ4n) is 1.70. The van der Waals surface area contributed by atoms with E-state index in [-0.39, 0.29) is 11.8 Å². The summed E-state index contributed by atoms with van der Waals surface area (Å²) in [4.78, 5) is 11.0. The predicted molar refractivity (Wildman–Crippen MR) is 49.1 cm³/mol. The summed E-state index contributed by atoms with van der Waals surface area (Å²) in [7, 11) is 0. The Morgan fingerprint density at radius 2 is 2.00 bits per heavy atom. The van der Waals surface area contributed by atoms with E-state index in [4.69, 9.17) is 4.74 Å². The first kappa shape index (κ1) is 9.19. The molecule has 0 N–H and O–H groups in total. The summed E-state index contributed by atoms with van der Waals surface area (Å²) >= 11 is 0. The molecule has 2 rings (SSSR count). The SMILES string of the molecule is CC1(c2ccc(F)cc2)CCC(=O)O1. The second-order valence-electron chi connectivity index (χ2n) is 3.71. The van der Waals surface area contributed by atoms with Crippen LogP contribution in [-0.4, -0.2) is 5.97 Å². The number of benzene rings is 1. The number of carbonyl (C=O) groups excluding carboxylic acids is 1. The number of hydrogen-bond acceptors (Lipinski definition) is 2. The van der Waals surface area contributed by atoms with Crippen molar-refractivity contribution in [3.63, 3.8) is 0 Å². The van der Waals surface area contributed by atoms with E-state index in [2.05, 4.69) is 0 Å². The van der Waals surface area contributed by atoms with E-state index < -0.39 is 5.60 Å². The number of carbonyl (C=O) groups is 1. The lowest BCUT2D eigenvalue weighted by atomic mass is 9.93. The van der Waals surface area contributed by atoms with E-state index in [1.165, 1.54) is 12.1 Å². The van der Waals surface area contributed by atoms with Gasteiger partial charge in [0.2, 0.25) is 0 Å². The van der Waals surface area contributed by atoms with Crippen molar-refractivity contribution in [1.82, 2.24) is 0 Å². The van der Waals surface area contributed by atoms with Crippen LogP contribution in [0.2, 0.25) is 0 Å². The molecule has 1 aliphatic heterocycles. The molecule has 0 aromatic heterocycles. The molecule has 1 fully saturated rings. The number of ether oxygens (including phenoxy) is 1. The minimum Gasteiger partial charge on any atom is -0.454 e. The second-order valence-corrected chi connectivity index (χ2v) is 3.71. The average Bonchev–Trinajstić information content (AvgIpc) is 2.48. The molecule has 1 heterocycles. The van der Waals surface area contributed by atoms with E-state index in [9.17, 15) is 9.18 Å². The Morgan fingerprint density at radius 3 is 2.50 bits per heavy atom. The first-order valence-corrected chi connectivity index (χ1v) is 4.58. The fraction of sp³-hybridized carbons (Fsp3) is 0.364. The van der Waals surface area contributed by atoms with Gasteiger partial charge in [0.15, 0.2) is 0 Å². The maximum Gasteiger partial charge on any atom is 0.306 e. The second kappa shape index (κ2) is 3.08. The number of hydrogen-bond donors (Lipinski definition) is 0. The molecule has 74 valence electrons. The highest BCUT2D eigenvalue weighted by molar-refractivity contribution is 5.72. The van der Waals surface area contributed by atoms with Crippen molar-refractivity contribution in [2.24, 2.45) is 0 Å². The van der Waals surface area contributed by atoms with Gasteiger partial charge in [0.05, 0.1) is 0 Å². The Balaban J connectivity index is 2.30. The van der Waals surface area contributed by atoms with Gasteiger partial charge in [0.25, 0.3) is 0 Å². The summed E-state index contributed by atoms with van der Waals surface area (Å²) in [6, 6.07) is 6.08. The molecule has 3 heteroatoms. The molecule has 0 spiro atoms. The summed E-state index contributed by atoms with van der Waals surface area (Å²) in [6.45, 7) is 1.85. The zero-order valence-electron chi connectivity index (χ0n) is 7.92. The van der Waals surface area contributed by atoms with Crippen LogP contribution in [0.4, 0.5) is 4.39 Å². The number of rotatable bonds is 1. The third kappa shape index (κ3) is 1.50. The van der Waals surface area contributed by atoms with Crippen molar-refractivity contribution in [2.45, 2.75) is 25.4 Å². The maximum absolute atomic E-state index is 12.7. The molecule has 0 amide bonds. The molecule has 1 aromatic rings. The first-order chi connectivity index (χ1) is 6.60. The Morgan fingerprint density at radius 1 is 1.36 bits per heavy atom. The Labute approximate surface area is 81.7 Å². The van der Waals surface area contributed by atoms with Crippen LogP contribution in [0.5, 0.6) is 0 Å². The number of esters is 1. The van der Waals surface area contributed by atoms with Gasteiger partial charge in [-0.1, -0.05) is 12.1 Å². The largest absolute Gasteiger partial charge is 0.454 e. The summed E-state index contributed by atoms with van der Waals surface area (Å²) in [5.74, 6) is -0.460. The summed E-state index contributed by atoms with van der Waals surface area (Å²) in [6.07, 6.45) is 1.10. The third-order valence-corrected chi connectivity index (χ3v) is 2.60. The molecule has 1 saturated heterocycles. The Bertz CT molecular complexity index is 358. The van der Waals surface area contributed by atoms with Gasteiger partial charge in [0, 0.05) is 12.8 Å². The van der Waals surface area contributed by atoms with Crippen molar-refractivity contribution in [1.29, 1.82) is 0 Å². The van der Waals surface area contributed by atoms with Crippen molar-refractivity contribution in [3.8, 4) is 0 Å². The summed E-state index contributed by atoms with van der Waals surface area (Å²) in [5, 5.41) is 0. The standard InChI is InChI=1S/C11H11FO2/c1-11(7-6-10(13)14-11)8-2-4-9(12)5-3-8/h2-5H,6-7H2,1H3. The van der Waals surface area contributed by atoms with Crippen LogP contribution < -0.4 is 0 Å². The van der Waals surface area contributed by atoms with Crippen LogP contribution in [0.1, 0.15) is 25.3 Å². The number of halogens is 1. The molecular formula is C11H11FO2. The Hall–Kier alpha value is -1.38. The maximum atomic E-state index is 12.7. The smallest absolute Gasteiger partial charge is 0.306 e. The fourth-order valence-corrected chi connectivity index (χ4v) is 1.70. The molecule has 1 atom stereocenters. The summed E-state index contributed by atoms with van der Waals surface area (Å²) < 4.78 is 17.9. The third-order valence-electron chi connectivity index (χ3n) is 2.60. The lowest BCUT2D eigenvalue weighted by Gasteiger charge is -2.22. The predicted octanol–water partition coefficient (Wildman–Crippen LogP) is 2.38. The average molecular weight is 194 g/mol. The van der Waals surface area contributed by atoms with Crippen LogP contribution in [0, 0.1) is 5.82 Å². The van der Waals surface area contributed by atoms with Gasteiger partial charge in [-0.25, -0.2) is 4.39 Å². The van der Waals surface area contributed by atoms with Crippen LogP contribution in [0.25, 0.3) is 0 Å². The van der Waals surface area contributed by atoms with E-state index in [1.54, 1.807) is 12.1 Å². The molecule has 0 bridgehead atoms. The van der Waals surface area contributed by atoms with Gasteiger partial charge in [-0.2, -0.15) is 0 Å². The van der Waals surface area contributed by atoms with Gasteiger partial charge >= 0.3 is 5.97 Å². The van der Waals surface area contributed by atoms with E-state index in [0.717, 1.165) is 5.56 Å². The van der Waals surface area contributed by atoms with Crippen molar-refractivity contribution in [2.75, 3.05) is 0 Å². The molecule has 0 aliphatic carbocycles. The minimum atomic E-state index is -0.565. The molecule has 1 aromatic carbocycles. The van der Waals surface area contributed by atoms with Crippen LogP contribution in [0.3, 0.4) is 0 Å². The van der Waals surface area contributed by atoms with Crippen LogP contribution >= 0.6 is 0 Å². The topological polar surface area (TPSA) is 26.3 Å². The number of cyclic esters (lactones) is 1. The van der Waals surface area contributed by atoms with Crippen LogP contribution in [-0.2, 0) is 15.1 Å². The highest BCUT2D eigenvalue weighted by Gasteiger charge is 2.37. The van der Waals surface area contributed by atoms with Gasteiger partial charge < -0.3 is 4.74 Å². The molecule has 0 saturated carbocycles. The van der Waals surface area contributed by atoms with Gasteiger partial charge in [0.1, 0.15) is 11.4 Å². The zero-order valence-corrected chi connectivity index (χ0v) is 7.92. The van der Waals surface area contributed by atoms with Crippen molar-refractivity contribution >= 4 is 5.97 Å². The van der Waals surface area contributed by atoms with E-state index in [1.807, 2.05) is 6.92 Å². The first-order valence-electron chi connectivity index (χ1n) is 4.58. The van der Waals surface area contributed by atoms with E-state index in [0.29, 0.717) is 12.8 Å². The van der Waals surface area contributed by atoms with Crippen molar-refractivity contribution < 1.29 is 13.9 Å². The van der Waals surface area contributed by atoms with Crippen molar-refractivity contribution in [3.05, 3.63) is 35.6 Å². The lowest BCUT2D eigenvalue weighted by Crippen LogP contribution is -2.20. The zero-order chi connectivity index (χ0) is 10.2. The minimum absolute atomic E-state index is 0.183. The molecule has 1 unspecified atom stereocenters. The molecule has 14 heavy (non-hydrogen) atoms. The Kier molecular flexibility index (Phi) is 2.02. The lowest BCUT2D eigenvalue weighted by molar-refractivity contribution is -0.147. The summed E-state index contributed by atoms with van der Waals surface area (Å²) in [5.41, 5.74) is 0.287. The molecular weight excluding hydrogens is 183 g/mol. The monoisotopic (exact) mass is 194 g/mol. The van der Waals surface area contributed by atoms with Gasteiger partial charge in [-0.05, 0) is 24.6 Å².